The number of nitrogens with zero attached hydrogens (tertiary/aromatic N) is 3. The zero-order valence-corrected chi connectivity index (χ0v) is 17.9. The number of halogens is 1. The number of carbonyl (C=O) groups excluding carboxylic acids is 1. The first-order chi connectivity index (χ1) is 16.0. The fraction of sp³-hybridized carbons (Fsp3) is 0.200. The molecule has 0 fully saturated rings. The Balaban J connectivity index is 1.86. The van der Waals surface area contributed by atoms with Gasteiger partial charge in [-0.15, -0.1) is 0 Å². The van der Waals surface area contributed by atoms with E-state index in [-0.39, 0.29) is 24.6 Å². The maximum absolute atomic E-state index is 15.0. The van der Waals surface area contributed by atoms with Crippen LogP contribution in [0.2, 0.25) is 0 Å². The maximum atomic E-state index is 15.0. The molecule has 2 aromatic carbocycles. The van der Waals surface area contributed by atoms with Crippen LogP contribution in [0.25, 0.3) is 0 Å². The van der Waals surface area contributed by atoms with Gasteiger partial charge in [-0.3, -0.25) is 19.3 Å². The fourth-order valence-electron chi connectivity index (χ4n) is 4.50. The van der Waals surface area contributed by atoms with Crippen LogP contribution in [0.3, 0.4) is 0 Å². The van der Waals surface area contributed by atoms with Crippen LogP contribution in [0.4, 0.5) is 4.39 Å². The predicted octanol–water partition coefficient (Wildman–Crippen LogP) is 3.17. The highest BCUT2D eigenvalue weighted by Gasteiger charge is 2.41. The molecular formula is C25H22FN3O4. The molecule has 1 amide bonds. The second-order valence-electron chi connectivity index (χ2n) is 7.94. The number of para-hydroxylation sites is 1. The van der Waals surface area contributed by atoms with Crippen molar-refractivity contribution in [3.05, 3.63) is 106 Å². The zero-order valence-electron chi connectivity index (χ0n) is 17.9. The van der Waals surface area contributed by atoms with Crippen molar-refractivity contribution in [3.63, 3.8) is 0 Å². The quantitative estimate of drug-likeness (QED) is 0.580. The minimum atomic E-state index is -0.644. The van der Waals surface area contributed by atoms with Crippen LogP contribution in [-0.4, -0.2) is 39.9 Å². The molecule has 1 N–H and O–H groups in total. The van der Waals surface area contributed by atoms with Crippen molar-refractivity contribution in [2.75, 3.05) is 18.2 Å². The third-order valence-corrected chi connectivity index (χ3v) is 6.06. The van der Waals surface area contributed by atoms with E-state index >= 15 is 0 Å². The molecule has 1 aromatic heterocycles. The van der Waals surface area contributed by atoms with Gasteiger partial charge >= 0.3 is 0 Å². The normalized spacial score (nSPS) is 20.8. The molecule has 0 aliphatic carbocycles. The van der Waals surface area contributed by atoms with Crippen molar-refractivity contribution in [3.8, 4) is 11.5 Å². The molecule has 0 spiro atoms. The molecular weight excluding hydrogens is 425 g/mol. The van der Waals surface area contributed by atoms with Gasteiger partial charge in [0.1, 0.15) is 18.8 Å². The van der Waals surface area contributed by atoms with Gasteiger partial charge in [-0.2, -0.15) is 0 Å². The van der Waals surface area contributed by atoms with Crippen molar-refractivity contribution in [1.29, 1.82) is 0 Å². The van der Waals surface area contributed by atoms with Gasteiger partial charge in [0.05, 0.1) is 0 Å². The summed E-state index contributed by atoms with van der Waals surface area (Å²) >= 11 is 0. The number of aromatic hydroxyl groups is 1. The Morgan fingerprint density at radius 2 is 1.82 bits per heavy atom. The molecule has 8 heteroatoms. The van der Waals surface area contributed by atoms with E-state index < -0.39 is 35.1 Å². The first kappa shape index (κ1) is 20.8. The van der Waals surface area contributed by atoms with Gasteiger partial charge < -0.3 is 14.7 Å². The smallest absolute Gasteiger partial charge is 0.278 e. The van der Waals surface area contributed by atoms with Crippen LogP contribution in [0.1, 0.15) is 34.6 Å². The lowest BCUT2D eigenvalue weighted by Gasteiger charge is -2.48. The summed E-state index contributed by atoms with van der Waals surface area (Å²) in [5.41, 5.74) is 0.607. The van der Waals surface area contributed by atoms with Crippen LogP contribution in [0.5, 0.6) is 11.5 Å². The molecule has 168 valence electrons. The first-order valence-corrected chi connectivity index (χ1v) is 10.6. The second kappa shape index (κ2) is 8.12. The van der Waals surface area contributed by atoms with Crippen LogP contribution in [0, 0.1) is 5.82 Å². The van der Waals surface area contributed by atoms with Crippen molar-refractivity contribution in [2.24, 2.45) is 0 Å². The molecule has 3 aromatic rings. The highest BCUT2D eigenvalue weighted by Crippen LogP contribution is 2.39. The largest absolute Gasteiger partial charge is 0.502 e. The lowest BCUT2D eigenvalue weighted by molar-refractivity contribution is 0.0604. The van der Waals surface area contributed by atoms with Crippen LogP contribution >= 0.6 is 0 Å². The van der Waals surface area contributed by atoms with Crippen LogP contribution in [0.15, 0.2) is 77.7 Å². The lowest BCUT2D eigenvalue weighted by atomic mass is 9.96. The van der Waals surface area contributed by atoms with E-state index in [0.29, 0.717) is 5.56 Å². The monoisotopic (exact) mass is 447 g/mol. The molecule has 2 bridgehead atoms. The minimum absolute atomic E-state index is 0.111. The summed E-state index contributed by atoms with van der Waals surface area (Å²) in [5, 5.41) is 12.4. The van der Waals surface area contributed by atoms with Crippen molar-refractivity contribution in [1.82, 2.24) is 9.58 Å². The number of hydrogen-bond donors (Lipinski definition) is 1. The topological polar surface area (TPSA) is 75.0 Å². The van der Waals surface area contributed by atoms with Gasteiger partial charge in [-0.25, -0.2) is 4.39 Å². The van der Waals surface area contributed by atoms with Crippen molar-refractivity contribution >= 4 is 5.91 Å². The molecule has 2 aliphatic rings. The number of aromatic nitrogens is 1. The number of hydrogen-bond acceptors (Lipinski definition) is 5. The third-order valence-electron chi connectivity index (χ3n) is 6.06. The Hall–Kier alpha value is -4.07. The SMILES string of the molecule is C[C@H]1N2C/C=C/COc3c(F)cccc3[C@H](c3ccccc3)N1n1ccc(=O)c(O)c1C2=O. The fourth-order valence-corrected chi connectivity index (χ4v) is 4.50. The molecule has 0 radical (unpaired) electrons. The summed E-state index contributed by atoms with van der Waals surface area (Å²) in [5.74, 6) is -1.47. The van der Waals surface area contributed by atoms with E-state index in [1.165, 1.54) is 23.0 Å². The molecule has 0 saturated carbocycles. The number of pyridine rings is 1. The van der Waals surface area contributed by atoms with Crippen LogP contribution in [-0.2, 0) is 0 Å². The molecule has 2 atom stereocenters. The molecule has 33 heavy (non-hydrogen) atoms. The van der Waals surface area contributed by atoms with Gasteiger partial charge in [0.25, 0.3) is 5.91 Å². The number of carbonyl (C=O) groups is 1. The van der Waals surface area contributed by atoms with E-state index in [2.05, 4.69) is 0 Å². The third kappa shape index (κ3) is 3.34. The van der Waals surface area contributed by atoms with E-state index in [4.69, 9.17) is 4.74 Å². The predicted molar refractivity (Wildman–Crippen MR) is 120 cm³/mol. The Bertz CT molecular complexity index is 1300. The Kier molecular flexibility index (Phi) is 5.12. The number of amides is 1. The average Bonchev–Trinajstić information content (AvgIpc) is 2.83. The maximum Gasteiger partial charge on any atom is 0.278 e. The number of rotatable bonds is 1. The molecule has 5 rings (SSSR count). The molecule has 0 unspecified atom stereocenters. The molecule has 2 aliphatic heterocycles. The molecule has 3 heterocycles. The summed E-state index contributed by atoms with van der Waals surface area (Å²) in [4.78, 5) is 27.1. The summed E-state index contributed by atoms with van der Waals surface area (Å²) in [7, 11) is 0. The summed E-state index contributed by atoms with van der Waals surface area (Å²) in [6.45, 7) is 2.21. The van der Waals surface area contributed by atoms with Crippen molar-refractivity contribution < 1.29 is 19.0 Å². The highest BCUT2D eigenvalue weighted by molar-refractivity contribution is 5.96. The lowest BCUT2D eigenvalue weighted by Crippen LogP contribution is -2.61. The Morgan fingerprint density at radius 3 is 2.61 bits per heavy atom. The Labute approximate surface area is 189 Å². The van der Waals surface area contributed by atoms with Crippen LogP contribution < -0.4 is 15.2 Å². The standard InChI is InChI=1S/C25H22FN3O4/c1-16-27-13-5-6-15-33-24-18(10-7-11-19(24)26)21(17-8-3-2-4-9-17)29(16)28-14-12-20(30)23(31)22(28)25(27)32/h2-12,14,16,21,31H,13,15H2,1H3/b6-5+/t16-,21-/m0/s1. The number of fused-ring (bicyclic) bond motifs is 5. The van der Waals surface area contributed by atoms with Gasteiger partial charge in [-0.05, 0) is 24.6 Å². The first-order valence-electron chi connectivity index (χ1n) is 10.6. The minimum Gasteiger partial charge on any atom is -0.502 e. The summed E-state index contributed by atoms with van der Waals surface area (Å²) in [6.07, 6.45) is 4.43. The van der Waals surface area contributed by atoms with Gasteiger partial charge in [0.2, 0.25) is 5.43 Å². The molecule has 7 nitrogen and oxygen atoms in total. The van der Waals surface area contributed by atoms with E-state index in [9.17, 15) is 19.1 Å². The number of ether oxygens (including phenoxy) is 1. The summed E-state index contributed by atoms with van der Waals surface area (Å²) < 4.78 is 22.3. The van der Waals surface area contributed by atoms with Gasteiger partial charge in [0.15, 0.2) is 23.0 Å². The number of benzene rings is 2. The average molecular weight is 447 g/mol. The molecule has 0 saturated heterocycles. The second-order valence-corrected chi connectivity index (χ2v) is 7.94. The van der Waals surface area contributed by atoms with Gasteiger partial charge in [-0.1, -0.05) is 48.5 Å². The zero-order chi connectivity index (χ0) is 23.1. The van der Waals surface area contributed by atoms with Gasteiger partial charge in [0, 0.05) is 24.4 Å². The Morgan fingerprint density at radius 1 is 1.03 bits per heavy atom. The van der Waals surface area contributed by atoms with E-state index in [1.54, 1.807) is 29.2 Å². The van der Waals surface area contributed by atoms with E-state index in [1.807, 2.05) is 42.3 Å². The van der Waals surface area contributed by atoms with E-state index in [0.717, 1.165) is 5.56 Å². The highest BCUT2D eigenvalue weighted by atomic mass is 19.1. The van der Waals surface area contributed by atoms with Crippen molar-refractivity contribution in [2.45, 2.75) is 19.1 Å². The summed E-state index contributed by atoms with van der Waals surface area (Å²) in [6, 6.07) is 14.8.